The first-order chi connectivity index (χ1) is 5.29. The number of nitrogens with two attached hydrogens (primary N) is 1. The van der Waals surface area contributed by atoms with Crippen molar-refractivity contribution in [3.63, 3.8) is 0 Å². The molecule has 3 nitrogen and oxygen atoms in total. The van der Waals surface area contributed by atoms with Crippen LogP contribution in [0.3, 0.4) is 0 Å². The van der Waals surface area contributed by atoms with Crippen LogP contribution in [0.1, 0.15) is 0 Å². The van der Waals surface area contributed by atoms with Crippen molar-refractivity contribution in [3.05, 3.63) is 36.9 Å². The van der Waals surface area contributed by atoms with Gasteiger partial charge in [-0.1, -0.05) is 18.2 Å². The number of benzene rings is 1. The Morgan fingerprint density at radius 2 is 2.00 bits per heavy atom. The molecule has 1 aliphatic heterocycles. The van der Waals surface area contributed by atoms with E-state index in [-0.39, 0.29) is 55.8 Å². The third-order valence-corrected chi connectivity index (χ3v) is 1.93. The monoisotopic (exact) mass is 302 g/mol. The zero-order chi connectivity index (χ0) is 7.84. The van der Waals surface area contributed by atoms with Crippen molar-refractivity contribution in [2.45, 2.75) is 0 Å². The molecule has 2 N–H and O–H groups in total. The van der Waals surface area contributed by atoms with Gasteiger partial charge in [0.15, 0.2) is 0 Å². The van der Waals surface area contributed by atoms with Crippen LogP contribution in [-0.4, -0.2) is 14.2 Å². The number of para-hydroxylation sites is 1. The Morgan fingerprint density at radius 1 is 1.38 bits per heavy atom. The summed E-state index contributed by atoms with van der Waals surface area (Å²) in [4.78, 5) is 1.95. The number of nitrogens with zero attached hydrogens (tertiary/aromatic N) is 2. The number of fused-ring (bicyclic) bond motifs is 1. The largest absolute Gasteiger partial charge is 0.673 e. The second kappa shape index (κ2) is 5.18. The molecule has 0 atom stereocenters. The average molecular weight is 302 g/mol. The minimum Gasteiger partial charge on any atom is -0.673 e. The fourth-order valence-corrected chi connectivity index (χ4v) is 1.24. The van der Waals surface area contributed by atoms with Gasteiger partial charge in [0.2, 0.25) is 7.12 Å². The minimum absolute atomic E-state index is 0. The van der Waals surface area contributed by atoms with Gasteiger partial charge in [0.1, 0.15) is 0 Å². The summed E-state index contributed by atoms with van der Waals surface area (Å²) in [6.07, 6.45) is 0. The molecule has 0 saturated carbocycles. The number of anilines is 1. The van der Waals surface area contributed by atoms with Crippen molar-refractivity contribution in [2.75, 3.05) is 11.9 Å². The summed E-state index contributed by atoms with van der Waals surface area (Å²) in [6, 6.07) is 7.95. The fourth-order valence-electron chi connectivity index (χ4n) is 1.24. The zero-order valence-corrected chi connectivity index (χ0v) is 11.6. The van der Waals surface area contributed by atoms with Crippen LogP contribution in [0.4, 0.5) is 11.4 Å². The smallest absolute Gasteiger partial charge is 0.227 e. The molecule has 0 aromatic heterocycles. The van der Waals surface area contributed by atoms with Gasteiger partial charge in [-0.05, 0) is 13.1 Å². The molecule has 2 rings (SSSR count). The number of hydrogen-bond donors (Lipinski definition) is 1. The number of rotatable bonds is 0. The maximum Gasteiger partial charge on any atom is 0.227 e. The van der Waals surface area contributed by atoms with Crippen LogP contribution >= 0.6 is 0 Å². The SMILES string of the molecule is CN1B(N)[N-]c2ccccc21.[CH3-].[Pr]. The summed E-state index contributed by atoms with van der Waals surface area (Å²) >= 11 is 0. The van der Waals surface area contributed by atoms with E-state index >= 15 is 0 Å². The van der Waals surface area contributed by atoms with Gasteiger partial charge in [-0.2, -0.15) is 0 Å². The van der Waals surface area contributed by atoms with E-state index in [9.17, 15) is 0 Å². The molecule has 1 aromatic carbocycles. The third kappa shape index (κ3) is 2.36. The predicted octanol–water partition coefficient (Wildman–Crippen LogP) is 1.54. The molecule has 1 aliphatic rings. The van der Waals surface area contributed by atoms with E-state index in [1.54, 1.807) is 0 Å². The van der Waals surface area contributed by atoms with Gasteiger partial charge in [0, 0.05) is 47.0 Å². The second-order valence-corrected chi connectivity index (χ2v) is 2.64. The van der Waals surface area contributed by atoms with Crippen molar-refractivity contribution < 1.29 is 41.3 Å². The molecule has 67 valence electrons. The summed E-state index contributed by atoms with van der Waals surface area (Å²) in [5, 5.41) is 4.24. The van der Waals surface area contributed by atoms with Gasteiger partial charge in [-0.25, -0.2) is 0 Å². The Morgan fingerprint density at radius 3 is 2.62 bits per heavy atom. The molecule has 1 radical (unpaired) electrons. The van der Waals surface area contributed by atoms with Gasteiger partial charge in [-0.15, -0.1) is 5.69 Å². The molecule has 1 heterocycles. The molecule has 13 heavy (non-hydrogen) atoms. The Labute approximate surface area is 113 Å². The molecule has 5 heteroatoms. The van der Waals surface area contributed by atoms with Crippen LogP contribution in [0.2, 0.25) is 0 Å². The molecule has 0 bridgehead atoms. The normalized spacial score (nSPS) is 12.5. The molecular weight excluding hydrogens is 290 g/mol. The first kappa shape index (κ1) is 13.2. The van der Waals surface area contributed by atoms with Crippen LogP contribution in [-0.2, 0) is 0 Å². The molecule has 0 unspecified atom stereocenters. The van der Waals surface area contributed by atoms with E-state index in [0.29, 0.717) is 0 Å². The Kier molecular flexibility index (Phi) is 5.26. The molecule has 0 spiro atoms. The third-order valence-electron chi connectivity index (χ3n) is 1.93. The number of hydrogen-bond acceptors (Lipinski definition) is 2. The first-order valence-electron chi connectivity index (χ1n) is 3.57. The summed E-state index contributed by atoms with van der Waals surface area (Å²) in [6.45, 7) is 0. The Bertz CT molecular complexity index is 282. The standard InChI is InChI=1S/C7H9BN3.CH3.Pr/c1-11-7-5-3-2-4-6(7)10-8(11)9;;/h2-5H,9H2,1H3;1H3;/q2*-1;. The van der Waals surface area contributed by atoms with E-state index in [2.05, 4.69) is 5.23 Å². The van der Waals surface area contributed by atoms with Crippen molar-refractivity contribution in [2.24, 2.45) is 5.64 Å². The van der Waals surface area contributed by atoms with Gasteiger partial charge < -0.3 is 23.1 Å². The minimum atomic E-state index is -0.201. The van der Waals surface area contributed by atoms with Crippen molar-refractivity contribution >= 4 is 18.5 Å². The van der Waals surface area contributed by atoms with Gasteiger partial charge in [-0.3, -0.25) is 0 Å². The van der Waals surface area contributed by atoms with Crippen molar-refractivity contribution in [1.29, 1.82) is 0 Å². The maximum atomic E-state index is 5.69. The van der Waals surface area contributed by atoms with Gasteiger partial charge >= 0.3 is 0 Å². The molecular formula is C8H12BN3Pr-2. The van der Waals surface area contributed by atoms with Crippen molar-refractivity contribution in [3.8, 4) is 0 Å². The topological polar surface area (TPSA) is 43.4 Å². The van der Waals surface area contributed by atoms with Crippen LogP contribution in [0, 0.1) is 48.7 Å². The molecule has 0 fully saturated rings. The van der Waals surface area contributed by atoms with Crippen LogP contribution in [0.5, 0.6) is 0 Å². The summed E-state index contributed by atoms with van der Waals surface area (Å²) in [5.74, 6) is 0. The molecule has 0 aliphatic carbocycles. The predicted molar refractivity (Wildman–Crippen MR) is 54.2 cm³/mol. The van der Waals surface area contributed by atoms with Crippen LogP contribution in [0.15, 0.2) is 24.3 Å². The summed E-state index contributed by atoms with van der Waals surface area (Å²) in [5.41, 5.74) is 7.79. The van der Waals surface area contributed by atoms with E-state index < -0.39 is 0 Å². The van der Waals surface area contributed by atoms with Crippen LogP contribution in [0.25, 0.3) is 5.23 Å². The Hall–Kier alpha value is 0.209. The zero-order valence-electron chi connectivity index (χ0n) is 7.94. The van der Waals surface area contributed by atoms with E-state index in [4.69, 9.17) is 5.64 Å². The Balaban J connectivity index is 0.000000720. The fraction of sp³-hybridized carbons (Fsp3) is 0.125. The first-order valence-corrected chi connectivity index (χ1v) is 3.57. The summed E-state index contributed by atoms with van der Waals surface area (Å²) < 4.78 is 0. The van der Waals surface area contributed by atoms with Crippen molar-refractivity contribution in [1.82, 2.24) is 0 Å². The van der Waals surface area contributed by atoms with E-state index in [0.717, 1.165) is 11.4 Å². The van der Waals surface area contributed by atoms with Gasteiger partial charge in [0.05, 0.1) is 0 Å². The maximum absolute atomic E-state index is 5.69. The molecule has 0 amide bonds. The van der Waals surface area contributed by atoms with E-state index in [1.165, 1.54) is 0 Å². The molecule has 0 saturated heterocycles. The van der Waals surface area contributed by atoms with Crippen LogP contribution < -0.4 is 10.5 Å². The summed E-state index contributed by atoms with van der Waals surface area (Å²) in [7, 11) is 1.74. The van der Waals surface area contributed by atoms with Gasteiger partial charge in [0.25, 0.3) is 0 Å². The quantitative estimate of drug-likeness (QED) is 0.583. The second-order valence-electron chi connectivity index (χ2n) is 2.64. The molecule has 1 aromatic rings. The average Bonchev–Trinajstić information content (AvgIpc) is 2.30. The van der Waals surface area contributed by atoms with E-state index in [1.807, 2.05) is 36.1 Å².